The first-order valence-electron chi connectivity index (χ1n) is 6.04. The molecule has 0 amide bonds. The normalized spacial score (nSPS) is 10.8. The van der Waals surface area contributed by atoms with Crippen LogP contribution in [0.2, 0.25) is 0 Å². The average Bonchev–Trinajstić information content (AvgIpc) is 3.09. The number of aromatic nitrogens is 3. The first kappa shape index (κ1) is 13.1. The van der Waals surface area contributed by atoms with E-state index in [2.05, 4.69) is 34.2 Å². The maximum absolute atomic E-state index is 5.59. The van der Waals surface area contributed by atoms with Gasteiger partial charge in [-0.25, -0.2) is 4.98 Å². The Morgan fingerprint density at radius 1 is 1.25 bits per heavy atom. The number of nitrogen functional groups attached to an aromatic ring is 1. The monoisotopic (exact) mass is 304 g/mol. The third-order valence-electron chi connectivity index (χ3n) is 2.59. The van der Waals surface area contributed by atoms with Crippen molar-refractivity contribution in [2.45, 2.75) is 11.8 Å². The van der Waals surface area contributed by atoms with E-state index >= 15 is 0 Å². The quantitative estimate of drug-likeness (QED) is 0.743. The molecule has 2 heterocycles. The van der Waals surface area contributed by atoms with Gasteiger partial charge in [-0.1, -0.05) is 12.1 Å². The van der Waals surface area contributed by atoms with Crippen LogP contribution in [0.3, 0.4) is 0 Å². The Balaban J connectivity index is 1.86. The molecule has 0 spiro atoms. The fraction of sp³-hybridized carbons (Fsp3) is 0.154. The van der Waals surface area contributed by atoms with E-state index in [9.17, 15) is 0 Å². The Morgan fingerprint density at radius 3 is 2.70 bits per heavy atom. The molecule has 0 atom stereocenters. The molecule has 0 saturated carbocycles. The zero-order valence-electron chi connectivity index (χ0n) is 10.7. The minimum atomic E-state index is 0.389. The molecule has 3 rings (SSSR count). The van der Waals surface area contributed by atoms with Gasteiger partial charge in [0.2, 0.25) is 5.82 Å². The van der Waals surface area contributed by atoms with Gasteiger partial charge in [0, 0.05) is 15.8 Å². The molecule has 7 heteroatoms. The van der Waals surface area contributed by atoms with Gasteiger partial charge in [-0.2, -0.15) is 4.98 Å². The lowest BCUT2D eigenvalue weighted by Crippen LogP contribution is -1.84. The van der Waals surface area contributed by atoms with Crippen LogP contribution >= 0.6 is 23.1 Å². The minimum absolute atomic E-state index is 0.389. The highest BCUT2D eigenvalue weighted by Crippen LogP contribution is 2.26. The molecule has 0 radical (unpaired) electrons. The number of anilines is 1. The van der Waals surface area contributed by atoms with Gasteiger partial charge in [0.15, 0.2) is 5.13 Å². The number of hydrogen-bond acceptors (Lipinski definition) is 7. The molecule has 2 aromatic heterocycles. The van der Waals surface area contributed by atoms with Crippen molar-refractivity contribution in [3.05, 3.63) is 29.6 Å². The van der Waals surface area contributed by atoms with E-state index in [4.69, 9.17) is 10.3 Å². The van der Waals surface area contributed by atoms with Crippen LogP contribution < -0.4 is 5.73 Å². The summed E-state index contributed by atoms with van der Waals surface area (Å²) < 4.78 is 5.22. The Kier molecular flexibility index (Phi) is 3.70. The molecule has 5 nitrogen and oxygen atoms in total. The van der Waals surface area contributed by atoms with Crippen molar-refractivity contribution >= 4 is 28.2 Å². The lowest BCUT2D eigenvalue weighted by atomic mass is 10.2. The summed E-state index contributed by atoms with van der Waals surface area (Å²) in [7, 11) is 0. The lowest BCUT2D eigenvalue weighted by molar-refractivity contribution is 0.431. The number of thioether (sulfide) groups is 1. The van der Waals surface area contributed by atoms with Crippen LogP contribution in [0.5, 0.6) is 0 Å². The summed E-state index contributed by atoms with van der Waals surface area (Å²) in [4.78, 5) is 9.70. The SMILES string of the molecule is CCSc1ccc(-c2noc(-c3csc(N)n3)n2)cc1. The number of rotatable bonds is 4. The topological polar surface area (TPSA) is 77.8 Å². The zero-order valence-corrected chi connectivity index (χ0v) is 12.4. The summed E-state index contributed by atoms with van der Waals surface area (Å²) >= 11 is 3.15. The molecule has 0 unspecified atom stereocenters. The van der Waals surface area contributed by atoms with Gasteiger partial charge in [0.1, 0.15) is 5.69 Å². The first-order chi connectivity index (χ1) is 9.76. The lowest BCUT2D eigenvalue weighted by Gasteiger charge is -1.98. The van der Waals surface area contributed by atoms with Crippen LogP contribution in [0.15, 0.2) is 39.1 Å². The molecule has 0 bridgehead atoms. The highest BCUT2D eigenvalue weighted by molar-refractivity contribution is 7.99. The van der Waals surface area contributed by atoms with Crippen LogP contribution in [0.1, 0.15) is 6.92 Å². The van der Waals surface area contributed by atoms with E-state index in [1.54, 1.807) is 17.1 Å². The number of nitrogens with zero attached hydrogens (tertiary/aromatic N) is 3. The molecule has 1 aromatic carbocycles. The maximum Gasteiger partial charge on any atom is 0.277 e. The fourth-order valence-corrected chi connectivity index (χ4v) is 2.90. The van der Waals surface area contributed by atoms with Gasteiger partial charge in [-0.3, -0.25) is 0 Å². The van der Waals surface area contributed by atoms with E-state index in [-0.39, 0.29) is 0 Å². The molecule has 0 fully saturated rings. The second kappa shape index (κ2) is 5.64. The summed E-state index contributed by atoms with van der Waals surface area (Å²) in [6.45, 7) is 2.13. The molecular weight excluding hydrogens is 292 g/mol. The molecule has 20 heavy (non-hydrogen) atoms. The maximum atomic E-state index is 5.59. The van der Waals surface area contributed by atoms with Gasteiger partial charge in [0.05, 0.1) is 0 Å². The third-order valence-corrected chi connectivity index (χ3v) is 4.16. The fourth-order valence-electron chi connectivity index (χ4n) is 1.70. The largest absolute Gasteiger partial charge is 0.375 e. The third kappa shape index (κ3) is 2.68. The molecule has 0 aliphatic rings. The van der Waals surface area contributed by atoms with Crippen molar-refractivity contribution < 1.29 is 4.52 Å². The van der Waals surface area contributed by atoms with E-state index in [1.165, 1.54) is 16.2 Å². The average molecular weight is 304 g/mol. The Bertz CT molecular complexity index is 705. The van der Waals surface area contributed by atoms with Crippen LogP contribution in [-0.4, -0.2) is 20.9 Å². The van der Waals surface area contributed by atoms with Crippen LogP contribution in [0, 0.1) is 0 Å². The van der Waals surface area contributed by atoms with E-state index in [1.807, 2.05) is 12.1 Å². The predicted molar refractivity (Wildman–Crippen MR) is 81.7 cm³/mol. The first-order valence-corrected chi connectivity index (χ1v) is 7.91. The summed E-state index contributed by atoms with van der Waals surface area (Å²) in [6.07, 6.45) is 0. The molecule has 0 aliphatic heterocycles. The van der Waals surface area contributed by atoms with E-state index < -0.39 is 0 Å². The number of hydrogen-bond donors (Lipinski definition) is 1. The molecule has 0 saturated heterocycles. The Labute approximate surface area is 124 Å². The van der Waals surface area contributed by atoms with E-state index in [0.717, 1.165) is 11.3 Å². The Morgan fingerprint density at radius 2 is 2.05 bits per heavy atom. The van der Waals surface area contributed by atoms with Crippen molar-refractivity contribution in [2.24, 2.45) is 0 Å². The van der Waals surface area contributed by atoms with Gasteiger partial charge in [0.25, 0.3) is 5.89 Å². The summed E-state index contributed by atoms with van der Waals surface area (Å²) in [5.41, 5.74) is 7.13. The van der Waals surface area contributed by atoms with Gasteiger partial charge < -0.3 is 10.3 Å². The summed E-state index contributed by atoms with van der Waals surface area (Å²) in [6, 6.07) is 8.09. The van der Waals surface area contributed by atoms with Crippen molar-refractivity contribution in [1.82, 2.24) is 15.1 Å². The second-order valence-electron chi connectivity index (χ2n) is 3.95. The minimum Gasteiger partial charge on any atom is -0.375 e. The van der Waals surface area contributed by atoms with Crippen LogP contribution in [-0.2, 0) is 0 Å². The highest BCUT2D eigenvalue weighted by atomic mass is 32.2. The standard InChI is InChI=1S/C13H12N4OS2/c1-2-19-9-5-3-8(4-6-9)11-16-12(18-17-11)10-7-20-13(14)15-10/h3-7H,2H2,1H3,(H2,14,15). The van der Waals surface area contributed by atoms with Gasteiger partial charge in [-0.15, -0.1) is 23.1 Å². The predicted octanol–water partition coefficient (Wildman–Crippen LogP) is 3.55. The smallest absolute Gasteiger partial charge is 0.277 e. The van der Waals surface area contributed by atoms with Gasteiger partial charge in [-0.05, 0) is 30.0 Å². The second-order valence-corrected chi connectivity index (χ2v) is 6.18. The zero-order chi connectivity index (χ0) is 13.9. The number of thiazole rings is 1. The highest BCUT2D eigenvalue weighted by Gasteiger charge is 2.13. The van der Waals surface area contributed by atoms with E-state index in [0.29, 0.717) is 22.5 Å². The molecule has 3 aromatic rings. The van der Waals surface area contributed by atoms with Gasteiger partial charge >= 0.3 is 0 Å². The molecule has 2 N–H and O–H groups in total. The van der Waals surface area contributed by atoms with Crippen LogP contribution in [0.25, 0.3) is 23.0 Å². The summed E-state index contributed by atoms with van der Waals surface area (Å²) in [5, 5.41) is 6.26. The number of benzene rings is 1. The van der Waals surface area contributed by atoms with Crippen molar-refractivity contribution in [1.29, 1.82) is 0 Å². The van der Waals surface area contributed by atoms with Crippen molar-refractivity contribution in [3.8, 4) is 23.0 Å². The van der Waals surface area contributed by atoms with Crippen molar-refractivity contribution in [2.75, 3.05) is 11.5 Å². The summed E-state index contributed by atoms with van der Waals surface area (Å²) in [5.74, 6) is 2.00. The Hall–Kier alpha value is -1.86. The molecular formula is C13H12N4OS2. The molecule has 0 aliphatic carbocycles. The van der Waals surface area contributed by atoms with Crippen molar-refractivity contribution in [3.63, 3.8) is 0 Å². The molecule has 102 valence electrons. The van der Waals surface area contributed by atoms with Crippen LogP contribution in [0.4, 0.5) is 5.13 Å². The number of nitrogens with two attached hydrogens (primary N) is 1.